The van der Waals surface area contributed by atoms with E-state index in [1.165, 1.54) is 11.8 Å². The standard InChI is InChI=1S/C11H14N2O3S/c1-15-9-4-3-7(5-10(9)16-2)8-6-17-11(12)13(8)14/h3-6,11,14H,12H2,1-2H3. The average molecular weight is 254 g/mol. The van der Waals surface area contributed by atoms with Crippen LogP contribution in [0.4, 0.5) is 0 Å². The lowest BCUT2D eigenvalue weighted by Crippen LogP contribution is -2.31. The molecule has 1 unspecified atom stereocenters. The number of hydroxylamine groups is 2. The van der Waals surface area contributed by atoms with Gasteiger partial charge in [0.05, 0.1) is 19.9 Å². The van der Waals surface area contributed by atoms with Crippen molar-refractivity contribution in [1.29, 1.82) is 0 Å². The van der Waals surface area contributed by atoms with E-state index in [2.05, 4.69) is 0 Å². The molecule has 0 bridgehead atoms. The van der Waals surface area contributed by atoms with Gasteiger partial charge in [0.2, 0.25) is 0 Å². The lowest BCUT2D eigenvalue weighted by Gasteiger charge is -2.19. The van der Waals surface area contributed by atoms with Crippen LogP contribution in [0.5, 0.6) is 11.5 Å². The molecule has 0 saturated heterocycles. The van der Waals surface area contributed by atoms with Crippen molar-refractivity contribution in [2.75, 3.05) is 14.2 Å². The Kier molecular flexibility index (Phi) is 3.46. The first-order valence-electron chi connectivity index (χ1n) is 4.99. The number of rotatable bonds is 3. The second-order valence-corrected chi connectivity index (χ2v) is 4.43. The van der Waals surface area contributed by atoms with Gasteiger partial charge in [-0.05, 0) is 18.2 Å². The zero-order valence-corrected chi connectivity index (χ0v) is 10.4. The second-order valence-electron chi connectivity index (χ2n) is 3.44. The summed E-state index contributed by atoms with van der Waals surface area (Å²) in [6.07, 6.45) is 0. The first-order valence-corrected chi connectivity index (χ1v) is 5.93. The van der Waals surface area contributed by atoms with Crippen LogP contribution in [-0.4, -0.2) is 30.0 Å². The first kappa shape index (κ1) is 12.1. The Hall–Kier alpha value is -1.37. The van der Waals surface area contributed by atoms with Gasteiger partial charge >= 0.3 is 0 Å². The fourth-order valence-corrected chi connectivity index (χ4v) is 2.32. The number of nitrogens with zero attached hydrogens (tertiary/aromatic N) is 1. The fourth-order valence-electron chi connectivity index (χ4n) is 1.58. The minimum Gasteiger partial charge on any atom is -0.493 e. The minimum atomic E-state index is -0.460. The molecule has 0 amide bonds. The summed E-state index contributed by atoms with van der Waals surface area (Å²) in [6, 6.07) is 5.43. The number of nitrogens with two attached hydrogens (primary N) is 1. The Morgan fingerprint density at radius 1 is 1.29 bits per heavy atom. The second kappa shape index (κ2) is 4.87. The Morgan fingerprint density at radius 2 is 2.00 bits per heavy atom. The molecule has 2 rings (SSSR count). The maximum atomic E-state index is 9.75. The summed E-state index contributed by atoms with van der Waals surface area (Å²) >= 11 is 1.35. The van der Waals surface area contributed by atoms with Gasteiger partial charge in [-0.2, -0.15) is 0 Å². The van der Waals surface area contributed by atoms with Gasteiger partial charge in [0.1, 0.15) is 0 Å². The van der Waals surface area contributed by atoms with Crippen molar-refractivity contribution in [3.05, 3.63) is 29.2 Å². The molecule has 0 aliphatic carbocycles. The Morgan fingerprint density at radius 3 is 2.53 bits per heavy atom. The number of hydrogen-bond acceptors (Lipinski definition) is 6. The smallest absolute Gasteiger partial charge is 0.161 e. The third kappa shape index (κ3) is 2.19. The van der Waals surface area contributed by atoms with Crippen molar-refractivity contribution >= 4 is 17.5 Å². The molecule has 0 aromatic heterocycles. The first-order chi connectivity index (χ1) is 8.17. The third-order valence-electron chi connectivity index (χ3n) is 2.49. The highest BCUT2D eigenvalue weighted by atomic mass is 32.2. The van der Waals surface area contributed by atoms with Gasteiger partial charge < -0.3 is 15.2 Å². The minimum absolute atomic E-state index is 0.460. The maximum Gasteiger partial charge on any atom is 0.161 e. The van der Waals surface area contributed by atoms with Gasteiger partial charge in [-0.3, -0.25) is 5.21 Å². The van der Waals surface area contributed by atoms with E-state index in [4.69, 9.17) is 15.2 Å². The van der Waals surface area contributed by atoms with E-state index in [0.717, 1.165) is 10.6 Å². The molecule has 1 aromatic carbocycles. The highest BCUT2D eigenvalue weighted by Crippen LogP contribution is 2.36. The van der Waals surface area contributed by atoms with Crippen molar-refractivity contribution in [2.45, 2.75) is 5.50 Å². The molecule has 1 aliphatic heterocycles. The fraction of sp³-hybridized carbons (Fsp3) is 0.273. The molecule has 0 radical (unpaired) electrons. The topological polar surface area (TPSA) is 68.0 Å². The van der Waals surface area contributed by atoms with Gasteiger partial charge in [0.15, 0.2) is 17.0 Å². The molecular weight excluding hydrogens is 240 g/mol. The number of thioether (sulfide) groups is 1. The molecular formula is C11H14N2O3S. The van der Waals surface area contributed by atoms with Crippen LogP contribution in [0, 0.1) is 0 Å². The highest BCUT2D eigenvalue weighted by molar-refractivity contribution is 8.03. The van der Waals surface area contributed by atoms with Gasteiger partial charge in [-0.25, -0.2) is 5.06 Å². The summed E-state index contributed by atoms with van der Waals surface area (Å²) in [4.78, 5) is 0. The number of ether oxygens (including phenoxy) is 2. The van der Waals surface area contributed by atoms with E-state index in [-0.39, 0.29) is 0 Å². The van der Waals surface area contributed by atoms with Crippen LogP contribution in [0.2, 0.25) is 0 Å². The Labute approximate surface area is 104 Å². The molecule has 0 spiro atoms. The molecule has 0 saturated carbocycles. The van der Waals surface area contributed by atoms with E-state index in [1.54, 1.807) is 26.4 Å². The molecule has 1 aromatic rings. The molecule has 1 heterocycles. The number of benzene rings is 1. The Bertz CT molecular complexity index is 450. The van der Waals surface area contributed by atoms with Gasteiger partial charge in [0.25, 0.3) is 0 Å². The third-order valence-corrected chi connectivity index (χ3v) is 3.32. The van der Waals surface area contributed by atoms with E-state index in [9.17, 15) is 5.21 Å². The molecule has 92 valence electrons. The lowest BCUT2D eigenvalue weighted by atomic mass is 10.1. The van der Waals surface area contributed by atoms with Crippen molar-refractivity contribution in [2.24, 2.45) is 5.73 Å². The molecule has 1 aliphatic rings. The summed E-state index contributed by atoms with van der Waals surface area (Å²) in [5, 5.41) is 12.6. The molecule has 0 fully saturated rings. The number of methoxy groups -OCH3 is 2. The van der Waals surface area contributed by atoms with Crippen LogP contribution in [0.25, 0.3) is 5.70 Å². The predicted octanol–water partition coefficient (Wildman–Crippen LogP) is 1.68. The van der Waals surface area contributed by atoms with Crippen molar-refractivity contribution in [3.8, 4) is 11.5 Å². The molecule has 17 heavy (non-hydrogen) atoms. The number of hydrogen-bond donors (Lipinski definition) is 2. The van der Waals surface area contributed by atoms with Crippen LogP contribution < -0.4 is 15.2 Å². The summed E-state index contributed by atoms with van der Waals surface area (Å²) in [6.45, 7) is 0. The van der Waals surface area contributed by atoms with E-state index < -0.39 is 5.50 Å². The van der Waals surface area contributed by atoms with Gasteiger partial charge in [-0.15, -0.1) is 0 Å². The van der Waals surface area contributed by atoms with Crippen molar-refractivity contribution in [3.63, 3.8) is 0 Å². The zero-order valence-electron chi connectivity index (χ0n) is 9.58. The summed E-state index contributed by atoms with van der Waals surface area (Å²) in [5.41, 5.74) is 6.68. The van der Waals surface area contributed by atoms with Gasteiger partial charge in [-0.1, -0.05) is 11.8 Å². The monoisotopic (exact) mass is 254 g/mol. The van der Waals surface area contributed by atoms with E-state index >= 15 is 0 Å². The van der Waals surface area contributed by atoms with E-state index in [0.29, 0.717) is 17.2 Å². The summed E-state index contributed by atoms with van der Waals surface area (Å²) in [7, 11) is 3.15. The maximum absolute atomic E-state index is 9.75. The summed E-state index contributed by atoms with van der Waals surface area (Å²) in [5.74, 6) is 1.26. The van der Waals surface area contributed by atoms with Crippen LogP contribution in [-0.2, 0) is 0 Å². The van der Waals surface area contributed by atoms with Gasteiger partial charge in [0, 0.05) is 11.0 Å². The SMILES string of the molecule is COc1ccc(C2=CSC(N)N2O)cc1OC. The van der Waals surface area contributed by atoms with Crippen molar-refractivity contribution < 1.29 is 14.7 Å². The molecule has 1 atom stereocenters. The average Bonchev–Trinajstić information content (AvgIpc) is 2.69. The molecule has 5 nitrogen and oxygen atoms in total. The molecule has 6 heteroatoms. The van der Waals surface area contributed by atoms with Crippen LogP contribution in [0.15, 0.2) is 23.6 Å². The Balaban J connectivity index is 2.34. The van der Waals surface area contributed by atoms with Crippen LogP contribution >= 0.6 is 11.8 Å². The largest absolute Gasteiger partial charge is 0.493 e. The van der Waals surface area contributed by atoms with E-state index in [1.807, 2.05) is 11.5 Å². The normalized spacial score (nSPS) is 19.2. The zero-order chi connectivity index (χ0) is 12.4. The predicted molar refractivity (Wildman–Crippen MR) is 66.7 cm³/mol. The highest BCUT2D eigenvalue weighted by Gasteiger charge is 2.23. The molecule has 3 N–H and O–H groups in total. The van der Waals surface area contributed by atoms with Crippen molar-refractivity contribution in [1.82, 2.24) is 5.06 Å². The van der Waals surface area contributed by atoms with Crippen LogP contribution in [0.1, 0.15) is 5.56 Å². The summed E-state index contributed by atoms with van der Waals surface area (Å²) < 4.78 is 10.4. The quantitative estimate of drug-likeness (QED) is 0.855. The lowest BCUT2D eigenvalue weighted by molar-refractivity contribution is -0.0336. The van der Waals surface area contributed by atoms with Crippen LogP contribution in [0.3, 0.4) is 0 Å².